The molecule has 0 fully saturated rings. The van der Waals surface area contributed by atoms with Gasteiger partial charge in [-0.15, -0.1) is 0 Å². The predicted octanol–water partition coefficient (Wildman–Crippen LogP) is 3.67. The number of fused-ring (bicyclic) bond motifs is 1. The van der Waals surface area contributed by atoms with E-state index >= 15 is 0 Å². The fraction of sp³-hybridized carbons (Fsp3) is 0.400. The molecule has 3 rings (SSSR count). The zero-order valence-electron chi connectivity index (χ0n) is 15.1. The summed E-state index contributed by atoms with van der Waals surface area (Å²) in [5.41, 5.74) is 2.46. The maximum atomic E-state index is 12.7. The van der Waals surface area contributed by atoms with Crippen molar-refractivity contribution in [3.8, 4) is 5.75 Å². The first-order chi connectivity index (χ1) is 12.9. The van der Waals surface area contributed by atoms with Crippen molar-refractivity contribution in [3.05, 3.63) is 52.9 Å². The van der Waals surface area contributed by atoms with Gasteiger partial charge in [-0.05, 0) is 38.0 Å². The number of carbonyl (C=O) groups excluding carboxylic acids is 2. The molecule has 1 aliphatic heterocycles. The molecule has 5 nitrogen and oxygen atoms in total. The Bertz CT molecular complexity index is 799. The lowest BCUT2D eigenvalue weighted by Gasteiger charge is -2.38. The summed E-state index contributed by atoms with van der Waals surface area (Å²) in [7, 11) is 0. The third-order valence-electron chi connectivity index (χ3n) is 4.78. The third-order valence-corrected chi connectivity index (χ3v) is 4.78. The lowest BCUT2D eigenvalue weighted by atomic mass is 9.71. The van der Waals surface area contributed by atoms with Gasteiger partial charge in [0.05, 0.1) is 18.1 Å². The Morgan fingerprint density at radius 3 is 2.59 bits per heavy atom. The molecule has 0 amide bonds. The molecule has 1 N–H and O–H groups in total. The van der Waals surface area contributed by atoms with Gasteiger partial charge in [0.2, 0.25) is 0 Å². The number of benzene rings is 1. The Labute approximate surface area is 156 Å². The summed E-state index contributed by atoms with van der Waals surface area (Å²) in [5.74, 6) is -1.49. The maximum Gasteiger partial charge on any atom is 0.387 e. The Hall–Kier alpha value is -2.70. The molecule has 27 heavy (non-hydrogen) atoms. The molecule has 0 spiro atoms. The van der Waals surface area contributed by atoms with Gasteiger partial charge in [-0.25, -0.2) is 4.79 Å². The standard InChI is InChI=1S/C20H21F2NO4/c1-3-26-19(25)16-11(2)23-14-5-4-6-15(24)18(14)17(16)12-7-9-13(10-8-12)27-20(21)22/h5,7-10,17-18,20,23H,3-4,6H2,1-2H3. The number of carbonyl (C=O) groups is 2. The van der Waals surface area contributed by atoms with Gasteiger partial charge in [0, 0.05) is 23.7 Å². The number of halogens is 2. The van der Waals surface area contributed by atoms with Crippen LogP contribution in [0.3, 0.4) is 0 Å². The molecule has 0 bridgehead atoms. The van der Waals surface area contributed by atoms with Crippen LogP contribution < -0.4 is 10.1 Å². The summed E-state index contributed by atoms with van der Waals surface area (Å²) in [6, 6.07) is 6.05. The number of ether oxygens (including phenoxy) is 2. The zero-order valence-corrected chi connectivity index (χ0v) is 15.1. The highest BCUT2D eigenvalue weighted by Gasteiger charge is 2.43. The van der Waals surface area contributed by atoms with Crippen molar-refractivity contribution < 1.29 is 27.8 Å². The number of allylic oxidation sites excluding steroid dienone is 3. The van der Waals surface area contributed by atoms with E-state index in [1.54, 1.807) is 26.0 Å². The van der Waals surface area contributed by atoms with E-state index in [9.17, 15) is 18.4 Å². The highest BCUT2D eigenvalue weighted by molar-refractivity contribution is 5.96. The number of esters is 1. The highest BCUT2D eigenvalue weighted by atomic mass is 19.3. The number of nitrogens with one attached hydrogen (secondary N) is 1. The molecular formula is C20H21F2NO4. The summed E-state index contributed by atoms with van der Waals surface area (Å²) in [4.78, 5) is 25.3. The van der Waals surface area contributed by atoms with Crippen molar-refractivity contribution in [2.75, 3.05) is 6.61 Å². The summed E-state index contributed by atoms with van der Waals surface area (Å²) < 4.78 is 34.4. The molecule has 0 saturated heterocycles. The first kappa shape index (κ1) is 19.1. The highest BCUT2D eigenvalue weighted by Crippen LogP contribution is 2.44. The van der Waals surface area contributed by atoms with Crippen molar-refractivity contribution in [2.24, 2.45) is 5.92 Å². The second-order valence-electron chi connectivity index (χ2n) is 6.45. The Balaban J connectivity index is 2.06. The van der Waals surface area contributed by atoms with E-state index in [-0.39, 0.29) is 18.1 Å². The van der Waals surface area contributed by atoms with Crippen LogP contribution in [0.15, 0.2) is 47.3 Å². The average molecular weight is 377 g/mol. The monoisotopic (exact) mass is 377 g/mol. The van der Waals surface area contributed by atoms with Crippen LogP contribution in [0, 0.1) is 5.92 Å². The minimum atomic E-state index is -2.92. The molecule has 1 aromatic carbocycles. The van der Waals surface area contributed by atoms with Gasteiger partial charge in [0.15, 0.2) is 0 Å². The minimum Gasteiger partial charge on any atom is -0.463 e. The first-order valence-electron chi connectivity index (χ1n) is 8.84. The van der Waals surface area contributed by atoms with Crippen LogP contribution in [0.5, 0.6) is 5.75 Å². The van der Waals surface area contributed by atoms with Crippen molar-refractivity contribution in [1.82, 2.24) is 5.32 Å². The topological polar surface area (TPSA) is 64.6 Å². The summed E-state index contributed by atoms with van der Waals surface area (Å²) in [6.07, 6.45) is 3.01. The van der Waals surface area contributed by atoms with Gasteiger partial charge in [0.1, 0.15) is 11.5 Å². The van der Waals surface area contributed by atoms with Crippen LogP contribution in [0.25, 0.3) is 0 Å². The van der Waals surface area contributed by atoms with Crippen molar-refractivity contribution in [2.45, 2.75) is 39.2 Å². The largest absolute Gasteiger partial charge is 0.463 e. The Morgan fingerprint density at radius 2 is 1.96 bits per heavy atom. The molecule has 7 heteroatoms. The van der Waals surface area contributed by atoms with Crippen LogP contribution in [0.2, 0.25) is 0 Å². The van der Waals surface area contributed by atoms with E-state index in [1.807, 2.05) is 6.08 Å². The number of Topliss-reactive ketones (excluding diaryl/α,β-unsaturated/α-hetero) is 1. The van der Waals surface area contributed by atoms with Crippen LogP contribution in [-0.4, -0.2) is 25.0 Å². The fourth-order valence-electron chi connectivity index (χ4n) is 3.71. The second kappa shape index (κ2) is 7.90. The van der Waals surface area contributed by atoms with E-state index < -0.39 is 24.4 Å². The first-order valence-corrected chi connectivity index (χ1v) is 8.84. The summed E-state index contributed by atoms with van der Waals surface area (Å²) >= 11 is 0. The number of rotatable bonds is 5. The third kappa shape index (κ3) is 3.86. The van der Waals surface area contributed by atoms with E-state index in [0.717, 1.165) is 5.70 Å². The molecule has 1 aliphatic carbocycles. The van der Waals surface area contributed by atoms with Crippen LogP contribution in [-0.2, 0) is 14.3 Å². The van der Waals surface area contributed by atoms with Gasteiger partial charge in [-0.3, -0.25) is 4.79 Å². The van der Waals surface area contributed by atoms with Crippen molar-refractivity contribution >= 4 is 11.8 Å². The quantitative estimate of drug-likeness (QED) is 0.793. The van der Waals surface area contributed by atoms with Gasteiger partial charge < -0.3 is 14.8 Å². The molecule has 0 radical (unpaired) electrons. The van der Waals surface area contributed by atoms with Gasteiger partial charge in [-0.1, -0.05) is 18.2 Å². The predicted molar refractivity (Wildman–Crippen MR) is 94.1 cm³/mol. The number of alkyl halides is 2. The van der Waals surface area contributed by atoms with E-state index in [4.69, 9.17) is 4.74 Å². The Kier molecular flexibility index (Phi) is 5.58. The van der Waals surface area contributed by atoms with Crippen LogP contribution in [0.4, 0.5) is 8.78 Å². The lowest BCUT2D eigenvalue weighted by molar-refractivity contribution is -0.139. The normalized spacial score (nSPS) is 22.1. The minimum absolute atomic E-state index is 0.0202. The van der Waals surface area contributed by atoms with E-state index in [0.29, 0.717) is 29.7 Å². The lowest BCUT2D eigenvalue weighted by Crippen LogP contribution is -2.40. The smallest absolute Gasteiger partial charge is 0.387 e. The molecule has 2 unspecified atom stereocenters. The molecule has 2 atom stereocenters. The Morgan fingerprint density at radius 1 is 1.26 bits per heavy atom. The molecular weight excluding hydrogens is 356 g/mol. The SMILES string of the molecule is CCOC(=O)C1=C(C)NC2=CCCC(=O)C2C1c1ccc(OC(F)F)cc1. The fourth-order valence-corrected chi connectivity index (χ4v) is 3.71. The molecule has 1 aromatic rings. The molecule has 0 aromatic heterocycles. The van der Waals surface area contributed by atoms with Gasteiger partial charge in [-0.2, -0.15) is 8.78 Å². The number of hydrogen-bond acceptors (Lipinski definition) is 5. The van der Waals surface area contributed by atoms with Crippen LogP contribution in [0.1, 0.15) is 38.2 Å². The summed E-state index contributed by atoms with van der Waals surface area (Å²) in [5, 5.41) is 3.17. The van der Waals surface area contributed by atoms with Crippen LogP contribution >= 0.6 is 0 Å². The van der Waals surface area contributed by atoms with E-state index in [2.05, 4.69) is 10.1 Å². The summed E-state index contributed by atoms with van der Waals surface area (Å²) in [6.45, 7) is 0.780. The van der Waals surface area contributed by atoms with Gasteiger partial charge >= 0.3 is 12.6 Å². The van der Waals surface area contributed by atoms with Crippen molar-refractivity contribution in [3.63, 3.8) is 0 Å². The second-order valence-corrected chi connectivity index (χ2v) is 6.45. The zero-order chi connectivity index (χ0) is 19.6. The maximum absolute atomic E-state index is 12.7. The molecule has 2 aliphatic rings. The number of hydrogen-bond donors (Lipinski definition) is 1. The van der Waals surface area contributed by atoms with E-state index in [1.165, 1.54) is 12.1 Å². The molecule has 0 saturated carbocycles. The van der Waals surface area contributed by atoms with Gasteiger partial charge in [0.25, 0.3) is 0 Å². The number of ketones is 1. The molecule has 144 valence electrons. The average Bonchev–Trinajstić information content (AvgIpc) is 2.61. The van der Waals surface area contributed by atoms with Crippen molar-refractivity contribution in [1.29, 1.82) is 0 Å². The molecule has 1 heterocycles.